The first-order valence-corrected chi connectivity index (χ1v) is 8.63. The van der Waals surface area contributed by atoms with Crippen LogP contribution < -0.4 is 5.32 Å². The number of carbonyl (C=O) groups is 2. The maximum atomic E-state index is 12.5. The van der Waals surface area contributed by atoms with Gasteiger partial charge in [-0.1, -0.05) is 23.7 Å². The van der Waals surface area contributed by atoms with Gasteiger partial charge >= 0.3 is 5.97 Å². The molecule has 9 heteroatoms. The van der Waals surface area contributed by atoms with E-state index in [1.54, 1.807) is 22.9 Å². The van der Waals surface area contributed by atoms with E-state index in [-0.39, 0.29) is 24.8 Å². The topological polar surface area (TPSA) is 106 Å². The van der Waals surface area contributed by atoms with Crippen LogP contribution in [-0.4, -0.2) is 51.5 Å². The summed E-state index contributed by atoms with van der Waals surface area (Å²) in [6.07, 6.45) is 2.09. The van der Waals surface area contributed by atoms with Crippen molar-refractivity contribution in [2.24, 2.45) is 0 Å². The van der Waals surface area contributed by atoms with E-state index >= 15 is 0 Å². The molecule has 0 bridgehead atoms. The number of hydrogen-bond acceptors (Lipinski definition) is 5. The Labute approximate surface area is 155 Å². The van der Waals surface area contributed by atoms with E-state index in [4.69, 9.17) is 16.3 Å². The number of nitrogens with one attached hydrogen (secondary N) is 1. The lowest BCUT2D eigenvalue weighted by molar-refractivity contribution is -0.139. The fourth-order valence-corrected chi connectivity index (χ4v) is 2.76. The van der Waals surface area contributed by atoms with E-state index in [0.29, 0.717) is 16.5 Å². The number of carboxylic acids is 1. The molecule has 0 spiro atoms. The summed E-state index contributed by atoms with van der Waals surface area (Å²) in [6.45, 7) is 0.214. The Morgan fingerprint density at radius 1 is 1.42 bits per heavy atom. The third-order valence-corrected chi connectivity index (χ3v) is 4.39. The summed E-state index contributed by atoms with van der Waals surface area (Å²) in [6, 6.07) is 6.09. The van der Waals surface area contributed by atoms with Crippen molar-refractivity contribution in [2.75, 3.05) is 13.7 Å². The number of aromatic nitrogens is 3. The molecule has 1 saturated carbocycles. The Balaban J connectivity index is 1.86. The quantitative estimate of drug-likeness (QED) is 0.727. The zero-order chi connectivity index (χ0) is 18.7. The van der Waals surface area contributed by atoms with Crippen LogP contribution in [0.2, 0.25) is 5.02 Å². The maximum absolute atomic E-state index is 12.5. The van der Waals surface area contributed by atoms with Gasteiger partial charge in [0.2, 0.25) is 5.82 Å². The van der Waals surface area contributed by atoms with Crippen LogP contribution in [0.3, 0.4) is 0 Å². The Morgan fingerprint density at radius 2 is 2.15 bits per heavy atom. The van der Waals surface area contributed by atoms with Crippen LogP contribution in [0, 0.1) is 0 Å². The summed E-state index contributed by atoms with van der Waals surface area (Å²) in [5, 5.41) is 16.5. The summed E-state index contributed by atoms with van der Waals surface area (Å²) in [4.78, 5) is 28.1. The number of hydrogen-bond donors (Lipinski definition) is 2. The Hall–Kier alpha value is -2.45. The van der Waals surface area contributed by atoms with Crippen molar-refractivity contribution >= 4 is 23.5 Å². The van der Waals surface area contributed by atoms with E-state index in [9.17, 15) is 14.7 Å². The van der Waals surface area contributed by atoms with Crippen molar-refractivity contribution in [3.63, 3.8) is 0 Å². The molecule has 8 nitrogen and oxygen atoms in total. The summed E-state index contributed by atoms with van der Waals surface area (Å²) in [5.41, 5.74) is 0.636. The molecule has 0 saturated heterocycles. The Kier molecular flexibility index (Phi) is 5.53. The first-order valence-electron chi connectivity index (χ1n) is 8.25. The van der Waals surface area contributed by atoms with Gasteiger partial charge in [0.25, 0.3) is 5.91 Å². The monoisotopic (exact) mass is 378 g/mol. The maximum Gasteiger partial charge on any atom is 0.326 e. The number of halogens is 1. The van der Waals surface area contributed by atoms with Crippen LogP contribution in [0.4, 0.5) is 0 Å². The van der Waals surface area contributed by atoms with E-state index in [1.807, 2.05) is 6.07 Å². The Bertz CT molecular complexity index is 819. The van der Waals surface area contributed by atoms with Gasteiger partial charge in [-0.05, 0) is 25.0 Å². The second kappa shape index (κ2) is 7.84. The number of aliphatic carboxylic acids is 1. The van der Waals surface area contributed by atoms with Crippen LogP contribution in [0.1, 0.15) is 41.6 Å². The smallest absolute Gasteiger partial charge is 0.326 e. The molecule has 2 N–H and O–H groups in total. The molecule has 2 aromatic rings. The SMILES string of the molecule is COCCC(NC(=O)c1nc(C2CC2)n(-c2ccccc2Cl)n1)C(=O)O. The van der Waals surface area contributed by atoms with Gasteiger partial charge in [0, 0.05) is 26.1 Å². The average Bonchev–Trinajstić information content (AvgIpc) is 3.37. The summed E-state index contributed by atoms with van der Waals surface area (Å²) in [7, 11) is 1.47. The van der Waals surface area contributed by atoms with E-state index in [0.717, 1.165) is 12.8 Å². The van der Waals surface area contributed by atoms with Crippen molar-refractivity contribution in [1.29, 1.82) is 0 Å². The minimum Gasteiger partial charge on any atom is -0.480 e. The molecular formula is C17H19ClN4O4. The molecule has 1 fully saturated rings. The number of carboxylic acid groups (broad SMARTS) is 1. The van der Waals surface area contributed by atoms with Crippen molar-refractivity contribution in [2.45, 2.75) is 31.2 Å². The van der Waals surface area contributed by atoms with E-state index in [2.05, 4.69) is 15.4 Å². The highest BCUT2D eigenvalue weighted by atomic mass is 35.5. The van der Waals surface area contributed by atoms with Gasteiger partial charge < -0.3 is 15.2 Å². The predicted octanol–water partition coefficient (Wildman–Crippen LogP) is 2.02. The third-order valence-electron chi connectivity index (χ3n) is 4.07. The minimum absolute atomic E-state index is 0.0736. The van der Waals surface area contributed by atoms with Crippen LogP contribution in [0.5, 0.6) is 0 Å². The van der Waals surface area contributed by atoms with Crippen LogP contribution in [-0.2, 0) is 9.53 Å². The highest BCUT2D eigenvalue weighted by Crippen LogP contribution is 2.40. The summed E-state index contributed by atoms with van der Waals surface area (Å²) >= 11 is 6.25. The van der Waals surface area contributed by atoms with Crippen molar-refractivity contribution < 1.29 is 19.4 Å². The first kappa shape index (κ1) is 18.3. The molecule has 3 rings (SSSR count). The average molecular weight is 379 g/mol. The van der Waals surface area contributed by atoms with Gasteiger partial charge in [-0.25, -0.2) is 14.5 Å². The van der Waals surface area contributed by atoms with Crippen molar-refractivity contribution in [1.82, 2.24) is 20.1 Å². The van der Waals surface area contributed by atoms with Crippen molar-refractivity contribution in [3.05, 3.63) is 40.9 Å². The standard InChI is InChI=1S/C17H19ClN4O4/c1-26-9-8-12(17(24)25)19-16(23)14-20-15(10-6-7-10)22(21-14)13-5-3-2-4-11(13)18/h2-5,10,12H,6-9H2,1H3,(H,19,23)(H,24,25). The van der Waals surface area contributed by atoms with Crippen LogP contribution in [0.25, 0.3) is 5.69 Å². The number of ether oxygens (including phenoxy) is 1. The minimum atomic E-state index is -1.14. The zero-order valence-electron chi connectivity index (χ0n) is 14.2. The lowest BCUT2D eigenvalue weighted by atomic mass is 10.2. The van der Waals surface area contributed by atoms with Gasteiger partial charge in [-0.3, -0.25) is 4.79 Å². The number of para-hydroxylation sites is 1. The molecule has 1 aliphatic carbocycles. The van der Waals surface area contributed by atoms with Crippen molar-refractivity contribution in [3.8, 4) is 5.69 Å². The third kappa shape index (κ3) is 4.03. The highest BCUT2D eigenvalue weighted by Gasteiger charge is 2.32. The Morgan fingerprint density at radius 3 is 2.77 bits per heavy atom. The fourth-order valence-electron chi connectivity index (χ4n) is 2.54. The molecule has 1 aromatic carbocycles. The highest BCUT2D eigenvalue weighted by molar-refractivity contribution is 6.32. The first-order chi connectivity index (χ1) is 12.5. The van der Waals surface area contributed by atoms with Gasteiger partial charge in [-0.2, -0.15) is 0 Å². The second-order valence-electron chi connectivity index (χ2n) is 6.08. The largest absolute Gasteiger partial charge is 0.480 e. The molecule has 1 heterocycles. The van der Waals surface area contributed by atoms with Gasteiger partial charge in [0.05, 0.1) is 10.7 Å². The zero-order valence-corrected chi connectivity index (χ0v) is 14.9. The van der Waals surface area contributed by atoms with Crippen LogP contribution >= 0.6 is 11.6 Å². The molecule has 26 heavy (non-hydrogen) atoms. The molecular weight excluding hydrogens is 360 g/mol. The number of benzene rings is 1. The number of nitrogens with zero attached hydrogens (tertiary/aromatic N) is 3. The number of carbonyl (C=O) groups excluding carboxylic acids is 1. The van der Waals surface area contributed by atoms with Gasteiger partial charge in [0.15, 0.2) is 0 Å². The molecule has 1 atom stereocenters. The fraction of sp³-hybridized carbons (Fsp3) is 0.412. The molecule has 1 amide bonds. The normalized spacial score (nSPS) is 14.8. The predicted molar refractivity (Wildman–Crippen MR) is 93.7 cm³/mol. The van der Waals surface area contributed by atoms with Gasteiger partial charge in [-0.15, -0.1) is 5.10 Å². The second-order valence-corrected chi connectivity index (χ2v) is 6.48. The lowest BCUT2D eigenvalue weighted by Crippen LogP contribution is -2.42. The summed E-state index contributed by atoms with van der Waals surface area (Å²) < 4.78 is 6.45. The number of rotatable bonds is 8. The molecule has 1 aromatic heterocycles. The van der Waals surface area contributed by atoms with E-state index in [1.165, 1.54) is 7.11 Å². The molecule has 1 aliphatic rings. The number of amides is 1. The van der Waals surface area contributed by atoms with Crippen LogP contribution in [0.15, 0.2) is 24.3 Å². The molecule has 1 unspecified atom stereocenters. The van der Waals surface area contributed by atoms with E-state index < -0.39 is 17.9 Å². The number of methoxy groups -OCH3 is 1. The summed E-state index contributed by atoms with van der Waals surface area (Å²) in [5.74, 6) is -0.962. The lowest BCUT2D eigenvalue weighted by Gasteiger charge is -2.12. The van der Waals surface area contributed by atoms with Gasteiger partial charge in [0.1, 0.15) is 11.9 Å². The molecule has 0 radical (unpaired) electrons. The molecule has 0 aliphatic heterocycles. The molecule has 138 valence electrons.